The van der Waals surface area contributed by atoms with Crippen molar-refractivity contribution in [1.82, 2.24) is 0 Å². The highest BCUT2D eigenvalue weighted by molar-refractivity contribution is 5.15. The number of allylic oxidation sites excluding steroid dienone is 4. The molecule has 2 rings (SSSR count). The van der Waals surface area contributed by atoms with Gasteiger partial charge in [-0.2, -0.15) is 0 Å². The summed E-state index contributed by atoms with van der Waals surface area (Å²) in [5.74, 6) is 5.44. The van der Waals surface area contributed by atoms with E-state index in [2.05, 4.69) is 38.2 Å². The summed E-state index contributed by atoms with van der Waals surface area (Å²) in [5, 5.41) is 0. The first-order chi connectivity index (χ1) is 10.8. The zero-order valence-electron chi connectivity index (χ0n) is 14.9. The van der Waals surface area contributed by atoms with Gasteiger partial charge in [0.2, 0.25) is 0 Å². The predicted octanol–water partition coefficient (Wildman–Crippen LogP) is 7.23. The first-order valence-corrected chi connectivity index (χ1v) is 9.86. The normalized spacial score (nSPS) is 23.9. The van der Waals surface area contributed by atoms with Crippen LogP contribution in [0.1, 0.15) is 90.9 Å². The molecule has 0 atom stereocenters. The lowest BCUT2D eigenvalue weighted by Gasteiger charge is -2.36. The van der Waals surface area contributed by atoms with E-state index >= 15 is 0 Å². The summed E-state index contributed by atoms with van der Waals surface area (Å²) in [7, 11) is 0. The van der Waals surface area contributed by atoms with Crippen LogP contribution >= 0.6 is 0 Å². The second-order valence-corrected chi connectivity index (χ2v) is 7.34. The third kappa shape index (κ3) is 5.94. The van der Waals surface area contributed by atoms with Crippen LogP contribution < -0.4 is 0 Å². The average Bonchev–Trinajstić information content (AvgIpc) is 2.57. The van der Waals surface area contributed by atoms with Gasteiger partial charge in [-0.3, -0.25) is 0 Å². The fourth-order valence-electron chi connectivity index (χ4n) is 4.05. The lowest BCUT2D eigenvalue weighted by molar-refractivity contribution is 0.320. The van der Waals surface area contributed by atoms with Crippen molar-refractivity contribution in [1.29, 1.82) is 0 Å². The summed E-state index contributed by atoms with van der Waals surface area (Å²) in [4.78, 5) is 0. The highest BCUT2D eigenvalue weighted by Gasteiger charge is 2.30. The van der Waals surface area contributed by atoms with Gasteiger partial charge < -0.3 is 0 Å². The van der Waals surface area contributed by atoms with Gasteiger partial charge in [-0.15, -0.1) is 0 Å². The van der Waals surface area contributed by atoms with E-state index in [0.717, 1.165) is 11.8 Å². The van der Waals surface area contributed by atoms with Gasteiger partial charge in [-0.1, -0.05) is 51.0 Å². The van der Waals surface area contributed by atoms with Crippen molar-refractivity contribution in [2.75, 3.05) is 0 Å². The third-order valence-electron chi connectivity index (χ3n) is 5.55. The summed E-state index contributed by atoms with van der Waals surface area (Å²) in [6.07, 6.45) is 26.0. The molecule has 2 aliphatic rings. The topological polar surface area (TPSA) is 0 Å². The van der Waals surface area contributed by atoms with Crippen LogP contribution in [0.2, 0.25) is 0 Å². The molecule has 2 radical (unpaired) electrons. The van der Waals surface area contributed by atoms with Gasteiger partial charge in [-0.05, 0) is 87.9 Å². The van der Waals surface area contributed by atoms with Crippen LogP contribution in [0.15, 0.2) is 24.3 Å². The first kappa shape index (κ1) is 17.8. The molecule has 0 aromatic heterocycles. The summed E-state index contributed by atoms with van der Waals surface area (Å²) < 4.78 is 0. The first-order valence-electron chi connectivity index (χ1n) is 9.86. The van der Waals surface area contributed by atoms with E-state index in [1.54, 1.807) is 5.92 Å². The maximum atomic E-state index is 2.51. The van der Waals surface area contributed by atoms with E-state index in [9.17, 15) is 0 Å². The summed E-state index contributed by atoms with van der Waals surface area (Å²) >= 11 is 0. The molecule has 0 spiro atoms. The molecule has 124 valence electrons. The minimum atomic E-state index is 0.873. The standard InChI is InChI=1S/C22H36/c1-3-5-7-9-19-11-15-21(16-12-19)22-17-13-20(14-18-22)10-8-6-4-2/h7-10,19,22H,3-6,11-18H2,1-2H3/b9-7+,10-8+. The Morgan fingerprint density at radius 2 is 1.45 bits per heavy atom. The van der Waals surface area contributed by atoms with Crippen LogP contribution in [-0.2, 0) is 0 Å². The van der Waals surface area contributed by atoms with Crippen molar-refractivity contribution in [3.63, 3.8) is 0 Å². The maximum Gasteiger partial charge on any atom is -0.00271 e. The van der Waals surface area contributed by atoms with Crippen LogP contribution in [0.4, 0.5) is 0 Å². The van der Waals surface area contributed by atoms with Crippen LogP contribution in [-0.4, -0.2) is 0 Å². The Hall–Kier alpha value is -0.520. The molecule has 0 nitrogen and oxygen atoms in total. The van der Waals surface area contributed by atoms with E-state index in [1.165, 1.54) is 77.0 Å². The minimum Gasteiger partial charge on any atom is -0.0883 e. The largest absolute Gasteiger partial charge is 0.0883 e. The SMILES string of the molecule is CCC/C=C/[C]1CCC([C]2CCC(/C=C/CCC)CC2)CC1. The summed E-state index contributed by atoms with van der Waals surface area (Å²) in [5.41, 5.74) is 0. The van der Waals surface area contributed by atoms with E-state index < -0.39 is 0 Å². The van der Waals surface area contributed by atoms with Crippen molar-refractivity contribution < 1.29 is 0 Å². The molecule has 0 amide bonds. The van der Waals surface area contributed by atoms with Crippen molar-refractivity contribution in [3.8, 4) is 0 Å². The van der Waals surface area contributed by atoms with Gasteiger partial charge >= 0.3 is 0 Å². The van der Waals surface area contributed by atoms with Gasteiger partial charge in [-0.25, -0.2) is 0 Å². The van der Waals surface area contributed by atoms with Crippen molar-refractivity contribution >= 4 is 0 Å². The summed E-state index contributed by atoms with van der Waals surface area (Å²) in [6, 6.07) is 0. The molecule has 0 aliphatic heterocycles. The Morgan fingerprint density at radius 1 is 0.818 bits per heavy atom. The fourth-order valence-corrected chi connectivity index (χ4v) is 4.05. The van der Waals surface area contributed by atoms with Crippen LogP contribution in [0.3, 0.4) is 0 Å². The summed E-state index contributed by atoms with van der Waals surface area (Å²) in [6.45, 7) is 4.53. The molecule has 0 heteroatoms. The Morgan fingerprint density at radius 3 is 2.09 bits per heavy atom. The fraction of sp³-hybridized carbons (Fsp3) is 0.727. The molecule has 0 aromatic rings. The second kappa shape index (κ2) is 10.3. The Kier molecular flexibility index (Phi) is 8.34. The molecule has 0 saturated heterocycles. The Bertz CT molecular complexity index is 288. The van der Waals surface area contributed by atoms with Crippen molar-refractivity contribution in [2.24, 2.45) is 11.8 Å². The molecular formula is C22H36. The highest BCUT2D eigenvalue weighted by atomic mass is 14.3. The van der Waals surface area contributed by atoms with E-state index in [4.69, 9.17) is 0 Å². The lowest BCUT2D eigenvalue weighted by atomic mass is 9.69. The lowest BCUT2D eigenvalue weighted by Crippen LogP contribution is -2.23. The van der Waals surface area contributed by atoms with E-state index in [1.807, 2.05) is 5.92 Å². The van der Waals surface area contributed by atoms with Gasteiger partial charge in [0, 0.05) is 0 Å². The smallest absolute Gasteiger partial charge is 0.00271 e. The molecule has 0 heterocycles. The predicted molar refractivity (Wildman–Crippen MR) is 98.5 cm³/mol. The number of unbranched alkanes of at least 4 members (excludes halogenated alkanes) is 2. The molecule has 22 heavy (non-hydrogen) atoms. The third-order valence-corrected chi connectivity index (χ3v) is 5.55. The Balaban J connectivity index is 1.66. The van der Waals surface area contributed by atoms with Gasteiger partial charge in [0.15, 0.2) is 0 Å². The molecule has 2 fully saturated rings. The van der Waals surface area contributed by atoms with Crippen molar-refractivity contribution in [3.05, 3.63) is 36.1 Å². The van der Waals surface area contributed by atoms with Gasteiger partial charge in [0.25, 0.3) is 0 Å². The molecule has 0 N–H and O–H groups in total. The number of hydrogen-bond acceptors (Lipinski definition) is 0. The number of hydrogen-bond donors (Lipinski definition) is 0. The van der Waals surface area contributed by atoms with Crippen LogP contribution in [0.5, 0.6) is 0 Å². The second-order valence-electron chi connectivity index (χ2n) is 7.34. The van der Waals surface area contributed by atoms with Crippen LogP contribution in [0, 0.1) is 23.7 Å². The highest BCUT2D eigenvalue weighted by Crippen LogP contribution is 2.43. The molecule has 0 aromatic carbocycles. The van der Waals surface area contributed by atoms with Crippen molar-refractivity contribution in [2.45, 2.75) is 90.9 Å². The maximum absolute atomic E-state index is 2.51. The molecule has 0 unspecified atom stereocenters. The molecule has 0 bridgehead atoms. The van der Waals surface area contributed by atoms with E-state index in [0.29, 0.717) is 0 Å². The van der Waals surface area contributed by atoms with Gasteiger partial charge in [0.05, 0.1) is 0 Å². The molecule has 2 aliphatic carbocycles. The Labute approximate surface area is 139 Å². The van der Waals surface area contributed by atoms with E-state index in [-0.39, 0.29) is 0 Å². The zero-order chi connectivity index (χ0) is 15.6. The quantitative estimate of drug-likeness (QED) is 0.435. The molecule has 2 saturated carbocycles. The zero-order valence-corrected chi connectivity index (χ0v) is 14.9. The molecular weight excluding hydrogens is 264 g/mol. The minimum absolute atomic E-state index is 0.873. The monoisotopic (exact) mass is 300 g/mol. The average molecular weight is 301 g/mol. The number of rotatable bonds is 7. The van der Waals surface area contributed by atoms with Crippen LogP contribution in [0.25, 0.3) is 0 Å². The van der Waals surface area contributed by atoms with Gasteiger partial charge in [0.1, 0.15) is 0 Å².